The van der Waals surface area contributed by atoms with Crippen LogP contribution >= 0.6 is 0 Å². The molecule has 0 atom stereocenters. The maximum atomic E-state index is 11.7. The van der Waals surface area contributed by atoms with Crippen LogP contribution in [0.5, 0.6) is 0 Å². The highest BCUT2D eigenvalue weighted by atomic mass is 16.1. The highest BCUT2D eigenvalue weighted by Crippen LogP contribution is 2.22. The topological polar surface area (TPSA) is 17.1 Å². The Balaban J connectivity index is 2.24. The van der Waals surface area contributed by atoms with Crippen molar-refractivity contribution in [3.63, 3.8) is 0 Å². The van der Waals surface area contributed by atoms with E-state index < -0.39 is 0 Å². The Labute approximate surface area is 91.5 Å². The number of Topliss-reactive ketones (excluding diaryl/α,β-unsaturated/α-hetero) is 1. The molecular formula is C14H18O. The van der Waals surface area contributed by atoms with E-state index in [2.05, 4.69) is 19.1 Å². The van der Waals surface area contributed by atoms with Crippen molar-refractivity contribution in [1.82, 2.24) is 0 Å². The summed E-state index contributed by atoms with van der Waals surface area (Å²) in [4.78, 5) is 11.7. The molecule has 0 saturated carbocycles. The molecule has 0 spiro atoms. The number of carbonyl (C=O) groups is 1. The summed E-state index contributed by atoms with van der Waals surface area (Å²) < 4.78 is 0. The van der Waals surface area contributed by atoms with Crippen molar-refractivity contribution < 1.29 is 4.79 Å². The fourth-order valence-electron chi connectivity index (χ4n) is 2.28. The van der Waals surface area contributed by atoms with Gasteiger partial charge in [0, 0.05) is 12.0 Å². The minimum atomic E-state index is 0.297. The number of hydrogen-bond acceptors (Lipinski definition) is 1. The monoisotopic (exact) mass is 202 g/mol. The summed E-state index contributed by atoms with van der Waals surface area (Å²) in [6.07, 6.45) is 6.54. The fraction of sp³-hybridized carbons (Fsp3) is 0.500. The third-order valence-electron chi connectivity index (χ3n) is 3.15. The minimum absolute atomic E-state index is 0.297. The highest BCUT2D eigenvalue weighted by Gasteiger charge is 2.11. The van der Waals surface area contributed by atoms with Crippen molar-refractivity contribution in [1.29, 1.82) is 0 Å². The fourth-order valence-corrected chi connectivity index (χ4v) is 2.28. The van der Waals surface area contributed by atoms with Crippen LogP contribution in [-0.4, -0.2) is 5.78 Å². The molecule has 0 heterocycles. The summed E-state index contributed by atoms with van der Waals surface area (Å²) in [5, 5.41) is 0. The first-order chi connectivity index (χ1) is 7.31. The summed E-state index contributed by atoms with van der Waals surface area (Å²) in [5.41, 5.74) is 3.77. The molecule has 0 radical (unpaired) electrons. The third kappa shape index (κ3) is 2.28. The number of rotatable bonds is 3. The summed E-state index contributed by atoms with van der Waals surface area (Å²) in [5.74, 6) is 0.297. The highest BCUT2D eigenvalue weighted by molar-refractivity contribution is 5.96. The number of hydrogen-bond donors (Lipinski definition) is 0. The number of carbonyl (C=O) groups excluding carboxylic acids is 1. The molecule has 80 valence electrons. The first-order valence-corrected chi connectivity index (χ1v) is 5.96. The van der Waals surface area contributed by atoms with Gasteiger partial charge in [-0.2, -0.15) is 0 Å². The summed E-state index contributed by atoms with van der Waals surface area (Å²) in [6, 6.07) is 6.27. The van der Waals surface area contributed by atoms with Gasteiger partial charge in [-0.15, -0.1) is 0 Å². The van der Waals surface area contributed by atoms with Crippen molar-refractivity contribution in [2.45, 2.75) is 45.4 Å². The van der Waals surface area contributed by atoms with E-state index in [-0.39, 0.29) is 0 Å². The Morgan fingerprint density at radius 3 is 2.67 bits per heavy atom. The third-order valence-corrected chi connectivity index (χ3v) is 3.15. The lowest BCUT2D eigenvalue weighted by Gasteiger charge is -2.16. The quantitative estimate of drug-likeness (QED) is 0.685. The zero-order valence-electron chi connectivity index (χ0n) is 9.38. The van der Waals surface area contributed by atoms with Crippen LogP contribution in [0, 0.1) is 0 Å². The van der Waals surface area contributed by atoms with Crippen molar-refractivity contribution in [3.8, 4) is 0 Å². The molecule has 0 aromatic heterocycles. The van der Waals surface area contributed by atoms with Crippen LogP contribution in [0.3, 0.4) is 0 Å². The molecule has 0 amide bonds. The molecule has 1 aliphatic rings. The van der Waals surface area contributed by atoms with Crippen LogP contribution in [0.15, 0.2) is 18.2 Å². The van der Waals surface area contributed by atoms with Gasteiger partial charge >= 0.3 is 0 Å². The molecule has 1 aliphatic carbocycles. The van der Waals surface area contributed by atoms with Crippen molar-refractivity contribution in [3.05, 3.63) is 34.9 Å². The largest absolute Gasteiger partial charge is 0.294 e. The summed E-state index contributed by atoms with van der Waals surface area (Å²) in [7, 11) is 0. The van der Waals surface area contributed by atoms with Gasteiger partial charge in [-0.05, 0) is 49.3 Å². The first kappa shape index (κ1) is 10.4. The van der Waals surface area contributed by atoms with Gasteiger partial charge in [0.05, 0.1) is 0 Å². The second-order valence-electron chi connectivity index (χ2n) is 4.36. The normalized spacial score (nSPS) is 14.7. The molecule has 1 aromatic rings. The van der Waals surface area contributed by atoms with Crippen molar-refractivity contribution in [2.24, 2.45) is 0 Å². The Hall–Kier alpha value is -1.11. The van der Waals surface area contributed by atoms with E-state index in [4.69, 9.17) is 0 Å². The Morgan fingerprint density at radius 2 is 1.93 bits per heavy atom. The molecule has 1 heteroatoms. The molecule has 0 unspecified atom stereocenters. The van der Waals surface area contributed by atoms with Crippen LogP contribution in [0.4, 0.5) is 0 Å². The molecule has 2 rings (SSSR count). The van der Waals surface area contributed by atoms with E-state index in [1.54, 1.807) is 0 Å². The lowest BCUT2D eigenvalue weighted by Crippen LogP contribution is -2.05. The second-order valence-corrected chi connectivity index (χ2v) is 4.36. The van der Waals surface area contributed by atoms with E-state index in [1.807, 2.05) is 6.07 Å². The Morgan fingerprint density at radius 1 is 1.20 bits per heavy atom. The van der Waals surface area contributed by atoms with E-state index in [1.165, 1.54) is 30.4 Å². The predicted molar refractivity (Wildman–Crippen MR) is 62.3 cm³/mol. The van der Waals surface area contributed by atoms with E-state index in [0.717, 1.165) is 18.4 Å². The van der Waals surface area contributed by atoms with Gasteiger partial charge in [0.15, 0.2) is 5.78 Å². The SMILES string of the molecule is CCCC(=O)c1ccc2c(c1)CCCC2. The predicted octanol–water partition coefficient (Wildman–Crippen LogP) is 3.55. The van der Waals surface area contributed by atoms with Gasteiger partial charge < -0.3 is 0 Å². The average Bonchev–Trinajstić information content (AvgIpc) is 2.29. The Kier molecular flexibility index (Phi) is 3.20. The smallest absolute Gasteiger partial charge is 0.162 e. The summed E-state index contributed by atoms with van der Waals surface area (Å²) >= 11 is 0. The van der Waals surface area contributed by atoms with Crippen LogP contribution in [0.1, 0.15) is 54.1 Å². The van der Waals surface area contributed by atoms with Crippen molar-refractivity contribution >= 4 is 5.78 Å². The van der Waals surface area contributed by atoms with Gasteiger partial charge in [0.1, 0.15) is 0 Å². The second kappa shape index (κ2) is 4.61. The maximum Gasteiger partial charge on any atom is 0.162 e. The van der Waals surface area contributed by atoms with Gasteiger partial charge in [-0.3, -0.25) is 4.79 Å². The number of benzene rings is 1. The standard InChI is InChI=1S/C14H18O/c1-2-5-14(15)13-9-8-11-6-3-4-7-12(11)10-13/h8-10H,2-7H2,1H3. The van der Waals surface area contributed by atoms with Crippen LogP contribution in [0.25, 0.3) is 0 Å². The molecule has 15 heavy (non-hydrogen) atoms. The lowest BCUT2D eigenvalue weighted by atomic mass is 9.89. The number of fused-ring (bicyclic) bond motifs is 1. The van der Waals surface area contributed by atoms with E-state index in [9.17, 15) is 4.79 Å². The Bertz CT molecular complexity index is 366. The van der Waals surface area contributed by atoms with Gasteiger partial charge in [0.25, 0.3) is 0 Å². The number of ketones is 1. The summed E-state index contributed by atoms with van der Waals surface area (Å²) in [6.45, 7) is 2.05. The van der Waals surface area contributed by atoms with Crippen LogP contribution < -0.4 is 0 Å². The molecule has 0 saturated heterocycles. The number of aryl methyl sites for hydroxylation is 2. The minimum Gasteiger partial charge on any atom is -0.294 e. The molecule has 0 bridgehead atoms. The molecular weight excluding hydrogens is 184 g/mol. The average molecular weight is 202 g/mol. The van der Waals surface area contributed by atoms with Gasteiger partial charge in [-0.1, -0.05) is 19.1 Å². The maximum absolute atomic E-state index is 11.7. The van der Waals surface area contributed by atoms with E-state index >= 15 is 0 Å². The molecule has 0 fully saturated rings. The van der Waals surface area contributed by atoms with Gasteiger partial charge in [-0.25, -0.2) is 0 Å². The van der Waals surface area contributed by atoms with Gasteiger partial charge in [0.2, 0.25) is 0 Å². The van der Waals surface area contributed by atoms with Crippen LogP contribution in [0.2, 0.25) is 0 Å². The molecule has 1 nitrogen and oxygen atoms in total. The van der Waals surface area contributed by atoms with Crippen molar-refractivity contribution in [2.75, 3.05) is 0 Å². The molecule has 0 N–H and O–H groups in total. The first-order valence-electron chi connectivity index (χ1n) is 5.96. The van der Waals surface area contributed by atoms with Crippen LogP contribution in [-0.2, 0) is 12.8 Å². The molecule has 0 aliphatic heterocycles. The molecule has 1 aromatic carbocycles. The zero-order chi connectivity index (χ0) is 10.7. The van der Waals surface area contributed by atoms with E-state index in [0.29, 0.717) is 12.2 Å². The lowest BCUT2D eigenvalue weighted by molar-refractivity contribution is 0.0981. The zero-order valence-corrected chi connectivity index (χ0v) is 9.38.